The third kappa shape index (κ3) is 5.35. The molecule has 0 saturated heterocycles. The van der Waals surface area contributed by atoms with Crippen LogP contribution in [0.25, 0.3) is 22.3 Å². The lowest BCUT2D eigenvalue weighted by atomic mass is 9.72. The second-order valence-corrected chi connectivity index (χ2v) is 17.1. The predicted octanol–water partition coefficient (Wildman–Crippen LogP) is 14.7. The fourth-order valence-corrected chi connectivity index (χ4v) is 9.77. The highest BCUT2D eigenvalue weighted by atomic mass is 19.2. The van der Waals surface area contributed by atoms with E-state index in [1.54, 1.807) is 27.7 Å². The summed E-state index contributed by atoms with van der Waals surface area (Å²) in [5.41, 5.74) is -9.34. The predicted molar refractivity (Wildman–Crippen MR) is 192 cm³/mol. The van der Waals surface area contributed by atoms with Gasteiger partial charge in [0.05, 0.1) is 22.3 Å². The molecule has 4 nitrogen and oxygen atoms in total. The highest BCUT2D eigenvalue weighted by Crippen LogP contribution is 2.67. The van der Waals surface area contributed by atoms with Crippen molar-refractivity contribution in [2.75, 3.05) is 0 Å². The molecule has 6 aromatic rings. The Kier molecular flexibility index (Phi) is 8.63. The molecule has 0 N–H and O–H groups in total. The monoisotopic (exact) mass is 928 g/mol. The Hall–Kier alpha value is -6.60. The van der Waals surface area contributed by atoms with E-state index in [2.05, 4.69) is 0 Å². The van der Waals surface area contributed by atoms with Crippen LogP contribution in [0.1, 0.15) is 62.8 Å². The zero-order chi connectivity index (χ0) is 47.0. The van der Waals surface area contributed by atoms with Gasteiger partial charge in [0.25, 0.3) is 0 Å². The number of rotatable bonds is 2. The maximum atomic E-state index is 16.2. The number of ether oxygens (including phenoxy) is 4. The van der Waals surface area contributed by atoms with Gasteiger partial charge in [-0.2, -0.15) is 8.78 Å². The van der Waals surface area contributed by atoms with Crippen LogP contribution in [0.3, 0.4) is 0 Å². The number of halogens is 16. The van der Waals surface area contributed by atoms with Crippen molar-refractivity contribution in [1.29, 1.82) is 0 Å². The van der Waals surface area contributed by atoms with Gasteiger partial charge in [0.2, 0.25) is 46.3 Å². The van der Waals surface area contributed by atoms with Crippen molar-refractivity contribution in [3.05, 3.63) is 140 Å². The third-order valence-corrected chi connectivity index (χ3v) is 12.4. The van der Waals surface area contributed by atoms with Gasteiger partial charge in [-0.05, 0) is 70.2 Å². The molecule has 0 radical (unpaired) electrons. The molecule has 2 heterocycles. The molecule has 6 aromatic carbocycles. The highest BCUT2D eigenvalue weighted by Gasteiger charge is 2.58. The Balaban J connectivity index is 1.11. The Morgan fingerprint density at radius 3 is 0.800 bits per heavy atom. The zero-order valence-corrected chi connectivity index (χ0v) is 32.9. The molecule has 65 heavy (non-hydrogen) atoms. The second kappa shape index (κ2) is 13.2. The first-order valence-corrected chi connectivity index (χ1v) is 18.9. The van der Waals surface area contributed by atoms with Crippen LogP contribution >= 0.6 is 0 Å². The average Bonchev–Trinajstić information content (AvgIpc) is 3.62. The van der Waals surface area contributed by atoms with E-state index in [4.69, 9.17) is 18.9 Å². The Morgan fingerprint density at radius 2 is 0.508 bits per heavy atom. The van der Waals surface area contributed by atoms with Gasteiger partial charge in [-0.3, -0.25) is 0 Å². The Labute approximate surface area is 353 Å². The van der Waals surface area contributed by atoms with Crippen LogP contribution in [0, 0.1) is 93.1 Å². The summed E-state index contributed by atoms with van der Waals surface area (Å²) < 4.78 is 261. The highest BCUT2D eigenvalue weighted by molar-refractivity contribution is 5.76. The van der Waals surface area contributed by atoms with Crippen LogP contribution in [0.15, 0.2) is 24.3 Å². The molecular formula is C45H20F16O4. The van der Waals surface area contributed by atoms with Gasteiger partial charge in [-0.1, -0.05) is 27.7 Å². The first kappa shape index (κ1) is 42.4. The maximum absolute atomic E-state index is 16.2. The quantitative estimate of drug-likeness (QED) is 0.0983. The number of hydrogen-bond acceptors (Lipinski definition) is 4. The minimum atomic E-state index is -2.66. The van der Waals surface area contributed by atoms with Gasteiger partial charge in [-0.25, -0.2) is 61.5 Å². The topological polar surface area (TPSA) is 36.9 Å². The van der Waals surface area contributed by atoms with Gasteiger partial charge in [0, 0.05) is 5.41 Å². The Bertz CT molecular complexity index is 2980. The SMILES string of the molecule is CC1(C)CC2(CC(C)(C)c3cc4c(cc32)Oc2c(F)c(-c3c(F)c(F)c(F)c(F)c3F)c(F)c(F)c2O4)c2cc3c(cc21)Oc1c(F)c(F)c(-c2c(F)c(F)c(F)c(F)c2F)c(F)c1O3. The van der Waals surface area contributed by atoms with Crippen LogP contribution < -0.4 is 18.9 Å². The summed E-state index contributed by atoms with van der Waals surface area (Å²) in [5.74, 6) is -46.2. The van der Waals surface area contributed by atoms with Gasteiger partial charge in [0.15, 0.2) is 92.8 Å². The van der Waals surface area contributed by atoms with E-state index < -0.39 is 166 Å². The van der Waals surface area contributed by atoms with E-state index in [1.165, 1.54) is 24.3 Å². The summed E-state index contributed by atoms with van der Waals surface area (Å²) in [7, 11) is 0. The molecule has 20 heteroatoms. The number of hydrogen-bond donors (Lipinski definition) is 0. The van der Waals surface area contributed by atoms with Crippen LogP contribution in [-0.2, 0) is 16.2 Å². The van der Waals surface area contributed by atoms with Crippen LogP contribution in [-0.4, -0.2) is 0 Å². The molecule has 2 aliphatic carbocycles. The molecule has 0 saturated carbocycles. The lowest BCUT2D eigenvalue weighted by molar-refractivity contribution is 0.315. The van der Waals surface area contributed by atoms with Crippen molar-refractivity contribution in [3.63, 3.8) is 0 Å². The fourth-order valence-electron chi connectivity index (χ4n) is 9.77. The van der Waals surface area contributed by atoms with Crippen LogP contribution in [0.4, 0.5) is 70.2 Å². The van der Waals surface area contributed by atoms with Gasteiger partial charge < -0.3 is 18.9 Å². The van der Waals surface area contributed by atoms with Crippen molar-refractivity contribution < 1.29 is 89.2 Å². The number of benzene rings is 6. The molecule has 0 aromatic heterocycles. The lowest BCUT2D eigenvalue weighted by Gasteiger charge is -2.31. The first-order chi connectivity index (χ1) is 30.3. The van der Waals surface area contributed by atoms with Gasteiger partial charge >= 0.3 is 0 Å². The van der Waals surface area contributed by atoms with Gasteiger partial charge in [0.1, 0.15) is 0 Å². The summed E-state index contributed by atoms with van der Waals surface area (Å²) in [6.07, 6.45) is 0.413. The smallest absolute Gasteiger partial charge is 0.211 e. The van der Waals surface area contributed by atoms with Crippen LogP contribution in [0.2, 0.25) is 0 Å². The molecule has 0 unspecified atom stereocenters. The van der Waals surface area contributed by atoms with Crippen molar-refractivity contribution in [2.45, 2.75) is 56.8 Å². The van der Waals surface area contributed by atoms with Crippen molar-refractivity contribution >= 4 is 0 Å². The minimum absolute atomic E-state index is 0.207. The van der Waals surface area contributed by atoms with E-state index in [-0.39, 0.29) is 24.3 Å². The summed E-state index contributed by atoms with van der Waals surface area (Å²) in [6.45, 7) is 7.14. The van der Waals surface area contributed by atoms with Crippen molar-refractivity contribution in [2.24, 2.45) is 0 Å². The number of fused-ring (bicyclic) bond motifs is 8. The Morgan fingerprint density at radius 1 is 0.292 bits per heavy atom. The largest absolute Gasteiger partial charge is 0.446 e. The summed E-state index contributed by atoms with van der Waals surface area (Å²) in [5, 5.41) is 0. The average molecular weight is 929 g/mol. The first-order valence-electron chi connectivity index (χ1n) is 18.9. The molecular weight excluding hydrogens is 908 g/mol. The summed E-state index contributed by atoms with van der Waals surface area (Å²) in [4.78, 5) is 0. The molecule has 4 aliphatic rings. The normalized spacial score (nSPS) is 16.4. The van der Waals surface area contributed by atoms with Crippen LogP contribution in [0.5, 0.6) is 46.0 Å². The maximum Gasteiger partial charge on any atom is 0.211 e. The third-order valence-electron chi connectivity index (χ3n) is 12.4. The molecule has 1 spiro atoms. The van der Waals surface area contributed by atoms with E-state index in [0.29, 0.717) is 22.3 Å². The molecule has 0 bridgehead atoms. The van der Waals surface area contributed by atoms with E-state index in [1.807, 2.05) is 0 Å². The molecule has 0 atom stereocenters. The van der Waals surface area contributed by atoms with Crippen molar-refractivity contribution in [3.8, 4) is 68.2 Å². The molecule has 10 rings (SSSR count). The fraction of sp³-hybridized carbons (Fsp3) is 0.200. The lowest BCUT2D eigenvalue weighted by Crippen LogP contribution is -2.27. The zero-order valence-electron chi connectivity index (χ0n) is 32.9. The van der Waals surface area contributed by atoms with E-state index >= 15 is 26.3 Å². The molecule has 0 amide bonds. The van der Waals surface area contributed by atoms with E-state index in [0.717, 1.165) is 0 Å². The second-order valence-electron chi connectivity index (χ2n) is 17.1. The van der Waals surface area contributed by atoms with Crippen molar-refractivity contribution in [1.82, 2.24) is 0 Å². The minimum Gasteiger partial charge on any atom is -0.446 e. The van der Waals surface area contributed by atoms with E-state index in [9.17, 15) is 43.9 Å². The molecule has 336 valence electrons. The summed E-state index contributed by atoms with van der Waals surface area (Å²) >= 11 is 0. The summed E-state index contributed by atoms with van der Waals surface area (Å²) in [6, 6.07) is 5.38. The molecule has 0 fully saturated rings. The standard InChI is InChI=1S/C45H20F16O4/c1-43(2)9-45(13-7-17-15(5-11(13)43)64-41-37(60)27(50)21(29(52)39(41)62-17)19-23(46)31(54)35(58)32(55)24(19)47)10-44(3,4)12-6-16-18(8-14(12)45)63-40-30(53)22(28(51)38(61)42(40)65-16)20-25(48)33(56)36(59)34(57)26(20)49/h5-8H,9-10H2,1-4H3. The van der Waals surface area contributed by atoms with Gasteiger partial charge in [-0.15, -0.1) is 0 Å². The molecule has 2 aliphatic heterocycles.